The van der Waals surface area contributed by atoms with Crippen LogP contribution in [0.2, 0.25) is 0 Å². The molecule has 1 fully saturated rings. The molecular weight excluding hydrogens is 516 g/mol. The van der Waals surface area contributed by atoms with Crippen LogP contribution in [0.4, 0.5) is 9.59 Å². The number of thioether (sulfide) groups is 1. The number of aryl methyl sites for hydroxylation is 1. The molecule has 38 heavy (non-hydrogen) atoms. The maximum Gasteiger partial charge on any atom is 0.408 e. The maximum atomic E-state index is 12.6. The van der Waals surface area contributed by atoms with Crippen LogP contribution in [0, 0.1) is 10.1 Å². The summed E-state index contributed by atoms with van der Waals surface area (Å²) in [5.74, 6) is 0.228. The molecule has 1 aromatic carbocycles. The van der Waals surface area contributed by atoms with Crippen molar-refractivity contribution in [1.29, 1.82) is 0 Å². The van der Waals surface area contributed by atoms with E-state index in [4.69, 9.17) is 9.47 Å². The van der Waals surface area contributed by atoms with Gasteiger partial charge in [0.05, 0.1) is 11.9 Å². The topological polar surface area (TPSA) is 150 Å². The lowest BCUT2D eigenvalue weighted by atomic mass is 10.1. The number of ether oxygens (including phenoxy) is 2. The summed E-state index contributed by atoms with van der Waals surface area (Å²) in [5.41, 5.74) is 3.00. The van der Waals surface area contributed by atoms with Gasteiger partial charge in [-0.2, -0.15) is 0 Å². The van der Waals surface area contributed by atoms with Gasteiger partial charge >= 0.3 is 6.09 Å². The summed E-state index contributed by atoms with van der Waals surface area (Å²) >= 11 is 0.864. The highest BCUT2D eigenvalue weighted by molar-refractivity contribution is 8.15. The average molecular weight is 549 g/mol. The number of aromatic nitrogens is 1. The molecule has 3 amide bonds. The van der Waals surface area contributed by atoms with Crippen LogP contribution >= 0.6 is 11.8 Å². The van der Waals surface area contributed by atoms with Gasteiger partial charge in [0.25, 0.3) is 10.3 Å². The molecule has 1 aliphatic heterocycles. The summed E-state index contributed by atoms with van der Waals surface area (Å²) in [5, 5.41) is 10.1. The molecule has 12 nitrogen and oxygen atoms in total. The van der Waals surface area contributed by atoms with E-state index < -0.39 is 34.3 Å². The number of nitrogens with zero attached hydrogens (tertiary/aromatic N) is 3. The van der Waals surface area contributed by atoms with Gasteiger partial charge in [-0.15, -0.1) is 10.1 Å². The molecular formula is C25H32N4O8S. The summed E-state index contributed by atoms with van der Waals surface area (Å²) in [4.78, 5) is 55.8. The predicted molar refractivity (Wildman–Crippen MR) is 140 cm³/mol. The van der Waals surface area contributed by atoms with Gasteiger partial charge in [0.1, 0.15) is 12.4 Å². The number of benzene rings is 1. The number of alkyl carbamates (subject to hydrolysis) is 1. The van der Waals surface area contributed by atoms with E-state index in [0.717, 1.165) is 34.3 Å². The SMILES string of the molecule is CC.CCc1ccc(CCOc2ccc(CC3SC(=O)N(COC(=O)NCCO[N+](=O)[O-])C3=O)cc2)nc1. The second-order valence-electron chi connectivity index (χ2n) is 7.64. The van der Waals surface area contributed by atoms with Crippen LogP contribution in [-0.4, -0.2) is 63.9 Å². The van der Waals surface area contributed by atoms with Gasteiger partial charge in [0.2, 0.25) is 5.91 Å². The van der Waals surface area contributed by atoms with Gasteiger partial charge < -0.3 is 19.6 Å². The first-order valence-corrected chi connectivity index (χ1v) is 13.1. The Bertz CT molecular complexity index is 1070. The minimum absolute atomic E-state index is 0.165. The van der Waals surface area contributed by atoms with Crippen LogP contribution < -0.4 is 10.1 Å². The normalized spacial score (nSPS) is 14.4. The highest BCUT2D eigenvalue weighted by Crippen LogP contribution is 2.30. The number of imide groups is 1. The highest BCUT2D eigenvalue weighted by atomic mass is 32.2. The van der Waals surface area contributed by atoms with E-state index in [2.05, 4.69) is 28.1 Å². The molecule has 0 saturated carbocycles. The number of hydrogen-bond acceptors (Lipinski definition) is 10. The Hall–Kier alpha value is -3.87. The van der Waals surface area contributed by atoms with Crippen molar-refractivity contribution in [2.45, 2.75) is 45.3 Å². The molecule has 1 N–H and O–H groups in total. The molecule has 206 valence electrons. The van der Waals surface area contributed by atoms with Gasteiger partial charge in [-0.25, -0.2) is 9.69 Å². The van der Waals surface area contributed by atoms with Crippen LogP contribution in [0.25, 0.3) is 0 Å². The zero-order chi connectivity index (χ0) is 27.9. The van der Waals surface area contributed by atoms with Crippen molar-refractivity contribution in [3.63, 3.8) is 0 Å². The monoisotopic (exact) mass is 548 g/mol. The van der Waals surface area contributed by atoms with Crippen LogP contribution in [0.5, 0.6) is 5.75 Å². The summed E-state index contributed by atoms with van der Waals surface area (Å²) in [6.07, 6.45) is 2.90. The first kappa shape index (κ1) is 30.4. The second kappa shape index (κ2) is 16.1. The Labute approximate surface area is 225 Å². The number of pyridine rings is 1. The molecule has 2 aromatic rings. The van der Waals surface area contributed by atoms with Gasteiger partial charge in [0.15, 0.2) is 6.73 Å². The Morgan fingerprint density at radius 1 is 1.13 bits per heavy atom. The third kappa shape index (κ3) is 9.88. The van der Waals surface area contributed by atoms with Crippen molar-refractivity contribution in [3.05, 3.63) is 69.5 Å². The maximum absolute atomic E-state index is 12.6. The molecule has 0 aliphatic carbocycles. The molecule has 3 rings (SSSR count). The number of hydrogen-bond donors (Lipinski definition) is 1. The lowest BCUT2D eigenvalue weighted by molar-refractivity contribution is -0.757. The third-order valence-electron chi connectivity index (χ3n) is 5.16. The van der Waals surface area contributed by atoms with Crippen molar-refractivity contribution < 1.29 is 33.8 Å². The molecule has 1 saturated heterocycles. The Balaban J connectivity index is 0.00000247. The molecule has 1 atom stereocenters. The van der Waals surface area contributed by atoms with Gasteiger partial charge in [0, 0.05) is 24.9 Å². The molecule has 0 radical (unpaired) electrons. The van der Waals surface area contributed by atoms with E-state index in [1.807, 2.05) is 50.4 Å². The smallest absolute Gasteiger partial charge is 0.408 e. The Morgan fingerprint density at radius 3 is 2.47 bits per heavy atom. The first-order valence-electron chi connectivity index (χ1n) is 12.2. The molecule has 0 spiro atoms. The molecule has 0 bridgehead atoms. The van der Waals surface area contributed by atoms with Gasteiger partial charge in [-0.05, 0) is 42.2 Å². The second-order valence-corrected chi connectivity index (χ2v) is 8.80. The average Bonchev–Trinajstić information content (AvgIpc) is 3.19. The minimum atomic E-state index is -0.988. The van der Waals surface area contributed by atoms with Crippen molar-refractivity contribution in [2.24, 2.45) is 0 Å². The molecule has 2 heterocycles. The van der Waals surface area contributed by atoms with E-state index in [9.17, 15) is 24.5 Å². The summed E-state index contributed by atoms with van der Waals surface area (Å²) in [7, 11) is 0. The number of rotatable bonds is 13. The summed E-state index contributed by atoms with van der Waals surface area (Å²) < 4.78 is 10.6. The van der Waals surface area contributed by atoms with Crippen molar-refractivity contribution >= 4 is 29.0 Å². The van der Waals surface area contributed by atoms with Crippen molar-refractivity contribution in [3.8, 4) is 5.75 Å². The molecule has 1 aromatic heterocycles. The highest BCUT2D eigenvalue weighted by Gasteiger charge is 2.40. The largest absolute Gasteiger partial charge is 0.493 e. The molecule has 1 aliphatic rings. The standard InChI is InChI=1S/C23H26N4O8S.C2H6/c1-2-16-3-6-18(25-14-16)9-11-33-19-7-4-17(5-8-19)13-20-21(28)26(23(30)36-20)15-34-22(29)24-10-12-35-27(31)32;1-2/h3-8,14,20H,2,9-13,15H2,1H3,(H,24,29);1-2H3. The van der Waals surface area contributed by atoms with Crippen LogP contribution in [0.3, 0.4) is 0 Å². The number of amides is 3. The third-order valence-corrected chi connectivity index (χ3v) is 6.24. The quantitative estimate of drug-likeness (QED) is 0.222. The fraction of sp³-hybridized carbons (Fsp3) is 0.440. The van der Waals surface area contributed by atoms with Gasteiger partial charge in [-0.3, -0.25) is 14.6 Å². The lowest BCUT2D eigenvalue weighted by Crippen LogP contribution is -2.37. The van der Waals surface area contributed by atoms with Crippen molar-refractivity contribution in [1.82, 2.24) is 15.2 Å². The van der Waals surface area contributed by atoms with E-state index in [1.54, 1.807) is 0 Å². The Morgan fingerprint density at radius 2 is 1.84 bits per heavy atom. The zero-order valence-corrected chi connectivity index (χ0v) is 22.4. The van der Waals surface area contributed by atoms with Crippen LogP contribution in [0.1, 0.15) is 37.6 Å². The van der Waals surface area contributed by atoms with E-state index in [0.29, 0.717) is 25.2 Å². The summed E-state index contributed by atoms with van der Waals surface area (Å²) in [6, 6.07) is 11.3. The van der Waals surface area contributed by atoms with E-state index in [-0.39, 0.29) is 13.2 Å². The minimum Gasteiger partial charge on any atom is -0.493 e. The van der Waals surface area contributed by atoms with Crippen molar-refractivity contribution in [2.75, 3.05) is 26.5 Å². The lowest BCUT2D eigenvalue weighted by Gasteiger charge is -2.14. The fourth-order valence-electron chi connectivity index (χ4n) is 3.21. The van der Waals surface area contributed by atoms with E-state index >= 15 is 0 Å². The molecule has 13 heteroatoms. The summed E-state index contributed by atoms with van der Waals surface area (Å²) in [6.45, 7) is 5.50. The van der Waals surface area contributed by atoms with E-state index in [1.165, 1.54) is 5.56 Å². The number of carbonyl (C=O) groups is 3. The van der Waals surface area contributed by atoms with Gasteiger partial charge in [-0.1, -0.05) is 50.7 Å². The number of carbonyl (C=O) groups excluding carboxylic acids is 3. The molecule has 1 unspecified atom stereocenters. The van der Waals surface area contributed by atoms with Crippen LogP contribution in [-0.2, 0) is 33.6 Å². The fourth-order valence-corrected chi connectivity index (χ4v) is 4.23. The number of nitrogens with one attached hydrogen (secondary N) is 1. The zero-order valence-electron chi connectivity index (χ0n) is 21.6. The predicted octanol–water partition coefficient (Wildman–Crippen LogP) is 3.79. The van der Waals surface area contributed by atoms with Crippen LogP contribution in [0.15, 0.2) is 42.6 Å². The first-order chi connectivity index (χ1) is 18.4. The Kier molecular flexibility index (Phi) is 12.8.